The van der Waals surface area contributed by atoms with E-state index in [4.69, 9.17) is 11.6 Å². The highest BCUT2D eigenvalue weighted by atomic mass is 35.5. The van der Waals surface area contributed by atoms with E-state index in [-0.39, 0.29) is 10.2 Å². The first-order chi connectivity index (χ1) is 8.80. The van der Waals surface area contributed by atoms with Gasteiger partial charge in [0.15, 0.2) is 0 Å². The second-order valence-corrected chi connectivity index (χ2v) is 6.82. The average Bonchev–Trinajstić information content (AvgIpc) is 2.65. The molecule has 6 nitrogen and oxygen atoms in total. The zero-order chi connectivity index (χ0) is 14.6. The van der Waals surface area contributed by atoms with Gasteiger partial charge in [0.25, 0.3) is 10.0 Å². The number of hydrogen-bond donors (Lipinski definition) is 0. The number of halogens is 1. The minimum Gasteiger partial charge on any atom is -0.324 e. The van der Waals surface area contributed by atoms with Crippen molar-refractivity contribution in [1.29, 1.82) is 0 Å². The van der Waals surface area contributed by atoms with E-state index in [0.717, 1.165) is 13.0 Å². The Labute approximate surface area is 120 Å². The van der Waals surface area contributed by atoms with Gasteiger partial charge in [-0.25, -0.2) is 13.4 Å². The van der Waals surface area contributed by atoms with Crippen LogP contribution in [0, 0.1) is 0 Å². The maximum absolute atomic E-state index is 12.4. The molecule has 1 aromatic rings. The Hall–Kier alpha value is -0.630. The highest BCUT2D eigenvalue weighted by molar-refractivity contribution is 7.89. The summed E-state index contributed by atoms with van der Waals surface area (Å²) in [6.07, 6.45) is 2.17. The smallest absolute Gasteiger partial charge is 0.263 e. The highest BCUT2D eigenvalue weighted by Crippen LogP contribution is 2.22. The third-order valence-corrected chi connectivity index (χ3v) is 5.25. The van der Waals surface area contributed by atoms with Gasteiger partial charge in [0.2, 0.25) is 5.03 Å². The summed E-state index contributed by atoms with van der Waals surface area (Å²) >= 11 is 5.97. The van der Waals surface area contributed by atoms with E-state index in [9.17, 15) is 8.42 Å². The molecule has 0 N–H and O–H groups in total. The molecule has 110 valence electrons. The Balaban J connectivity index is 2.87. The fourth-order valence-electron chi connectivity index (χ4n) is 1.70. The second kappa shape index (κ2) is 6.69. The van der Waals surface area contributed by atoms with Gasteiger partial charge in [-0.2, -0.15) is 4.31 Å². The van der Waals surface area contributed by atoms with Crippen LogP contribution in [-0.4, -0.2) is 60.9 Å². The summed E-state index contributed by atoms with van der Waals surface area (Å²) in [5, 5.41) is 0.0782. The van der Waals surface area contributed by atoms with E-state index < -0.39 is 10.0 Å². The van der Waals surface area contributed by atoms with Crippen LogP contribution in [0.2, 0.25) is 5.15 Å². The fourth-order valence-corrected chi connectivity index (χ4v) is 3.58. The first-order valence-corrected chi connectivity index (χ1v) is 7.94. The summed E-state index contributed by atoms with van der Waals surface area (Å²) < 4.78 is 27.7. The first-order valence-electron chi connectivity index (χ1n) is 6.12. The second-order valence-electron chi connectivity index (χ2n) is 4.60. The molecule has 0 aliphatic carbocycles. The number of hydrogen-bond acceptors (Lipinski definition) is 4. The molecular formula is C11H21ClN4O2S. The monoisotopic (exact) mass is 308 g/mol. The Morgan fingerprint density at radius 1 is 1.37 bits per heavy atom. The molecule has 1 heterocycles. The number of rotatable bonds is 7. The van der Waals surface area contributed by atoms with Gasteiger partial charge in [0.05, 0.1) is 6.33 Å². The fraction of sp³-hybridized carbons (Fsp3) is 0.727. The van der Waals surface area contributed by atoms with Crippen LogP contribution in [0.15, 0.2) is 11.4 Å². The minimum absolute atomic E-state index is 0.0663. The predicted molar refractivity (Wildman–Crippen MR) is 75.8 cm³/mol. The van der Waals surface area contributed by atoms with E-state index in [0.29, 0.717) is 13.1 Å². The van der Waals surface area contributed by atoms with Crippen LogP contribution in [0.1, 0.15) is 13.3 Å². The van der Waals surface area contributed by atoms with Crippen LogP contribution < -0.4 is 0 Å². The van der Waals surface area contributed by atoms with E-state index in [1.807, 2.05) is 25.9 Å². The zero-order valence-corrected chi connectivity index (χ0v) is 13.4. The molecule has 1 aromatic heterocycles. The Bertz CT molecular complexity index is 513. The van der Waals surface area contributed by atoms with Gasteiger partial charge in [-0.05, 0) is 27.1 Å². The van der Waals surface area contributed by atoms with Crippen molar-refractivity contribution in [3.63, 3.8) is 0 Å². The van der Waals surface area contributed by atoms with Gasteiger partial charge in [0, 0.05) is 20.1 Å². The lowest BCUT2D eigenvalue weighted by atomic mass is 10.4. The van der Waals surface area contributed by atoms with E-state index >= 15 is 0 Å². The van der Waals surface area contributed by atoms with Crippen LogP contribution >= 0.6 is 11.6 Å². The van der Waals surface area contributed by atoms with E-state index in [2.05, 4.69) is 4.98 Å². The molecule has 0 atom stereocenters. The van der Waals surface area contributed by atoms with Crippen molar-refractivity contribution in [2.75, 3.05) is 33.7 Å². The summed E-state index contributed by atoms with van der Waals surface area (Å²) in [6, 6.07) is 0. The summed E-state index contributed by atoms with van der Waals surface area (Å²) in [5.74, 6) is 0. The van der Waals surface area contributed by atoms with Gasteiger partial charge in [-0.3, -0.25) is 0 Å². The van der Waals surface area contributed by atoms with Crippen LogP contribution in [0.5, 0.6) is 0 Å². The molecule has 0 saturated carbocycles. The normalized spacial score (nSPS) is 12.6. The van der Waals surface area contributed by atoms with Crippen molar-refractivity contribution in [2.24, 2.45) is 7.05 Å². The van der Waals surface area contributed by atoms with Gasteiger partial charge >= 0.3 is 0 Å². The van der Waals surface area contributed by atoms with Crippen molar-refractivity contribution in [2.45, 2.75) is 18.4 Å². The lowest BCUT2D eigenvalue weighted by Crippen LogP contribution is -2.33. The summed E-state index contributed by atoms with van der Waals surface area (Å²) in [5.41, 5.74) is 0. The molecule has 0 aliphatic heterocycles. The van der Waals surface area contributed by atoms with Crippen molar-refractivity contribution in [3.8, 4) is 0 Å². The molecule has 0 amide bonds. The molecule has 19 heavy (non-hydrogen) atoms. The van der Waals surface area contributed by atoms with Crippen LogP contribution in [0.25, 0.3) is 0 Å². The first kappa shape index (κ1) is 16.4. The van der Waals surface area contributed by atoms with Crippen LogP contribution in [-0.2, 0) is 17.1 Å². The van der Waals surface area contributed by atoms with Gasteiger partial charge < -0.3 is 9.47 Å². The number of aromatic nitrogens is 2. The molecule has 0 unspecified atom stereocenters. The minimum atomic E-state index is -3.61. The van der Waals surface area contributed by atoms with E-state index in [1.54, 1.807) is 7.05 Å². The van der Waals surface area contributed by atoms with Crippen LogP contribution in [0.3, 0.4) is 0 Å². The maximum Gasteiger partial charge on any atom is 0.263 e. The standard InChI is InChI=1S/C11H21ClN4O2S/c1-5-16(8-6-7-14(2)3)19(17,18)11-10(12)15(4)9-13-11/h9H,5-8H2,1-4H3. The number of nitrogens with zero attached hydrogens (tertiary/aromatic N) is 4. The van der Waals surface area contributed by atoms with Crippen LogP contribution in [0.4, 0.5) is 0 Å². The summed E-state index contributed by atoms with van der Waals surface area (Å²) in [6.45, 7) is 3.51. The molecule has 0 spiro atoms. The third-order valence-electron chi connectivity index (χ3n) is 2.78. The Kier molecular flexibility index (Phi) is 5.79. The predicted octanol–water partition coefficient (Wildman–Crippen LogP) is 1.04. The highest BCUT2D eigenvalue weighted by Gasteiger charge is 2.28. The molecule has 1 rings (SSSR count). The molecule has 0 aromatic carbocycles. The van der Waals surface area contributed by atoms with Crippen molar-refractivity contribution >= 4 is 21.6 Å². The third kappa shape index (κ3) is 3.92. The molecule has 0 saturated heterocycles. The van der Waals surface area contributed by atoms with E-state index in [1.165, 1.54) is 15.2 Å². The molecule has 0 fully saturated rings. The van der Waals surface area contributed by atoms with Crippen molar-refractivity contribution in [3.05, 3.63) is 11.5 Å². The summed E-state index contributed by atoms with van der Waals surface area (Å²) in [7, 11) is 1.97. The average molecular weight is 309 g/mol. The number of imidazole rings is 1. The Morgan fingerprint density at radius 3 is 2.42 bits per heavy atom. The van der Waals surface area contributed by atoms with Gasteiger partial charge in [-0.1, -0.05) is 18.5 Å². The number of aryl methyl sites for hydroxylation is 1. The Morgan fingerprint density at radius 2 is 2.00 bits per heavy atom. The summed E-state index contributed by atoms with van der Waals surface area (Å²) in [4.78, 5) is 5.91. The van der Waals surface area contributed by atoms with Crippen molar-refractivity contribution < 1.29 is 8.42 Å². The number of sulfonamides is 1. The largest absolute Gasteiger partial charge is 0.324 e. The van der Waals surface area contributed by atoms with Gasteiger partial charge in [-0.15, -0.1) is 0 Å². The maximum atomic E-state index is 12.4. The quantitative estimate of drug-likeness (QED) is 0.755. The zero-order valence-electron chi connectivity index (χ0n) is 11.8. The SMILES string of the molecule is CCN(CCCN(C)C)S(=O)(=O)c1ncn(C)c1Cl. The molecular weight excluding hydrogens is 288 g/mol. The topological polar surface area (TPSA) is 58.4 Å². The van der Waals surface area contributed by atoms with Gasteiger partial charge in [0.1, 0.15) is 5.15 Å². The molecule has 8 heteroatoms. The lowest BCUT2D eigenvalue weighted by molar-refractivity contribution is 0.355. The lowest BCUT2D eigenvalue weighted by Gasteiger charge is -2.20. The molecule has 0 aliphatic rings. The van der Waals surface area contributed by atoms with Crippen molar-refractivity contribution in [1.82, 2.24) is 18.8 Å². The molecule has 0 radical (unpaired) electrons. The molecule has 0 bridgehead atoms.